The minimum Gasteiger partial charge on any atom is -0.481 e. The lowest BCUT2D eigenvalue weighted by atomic mass is 10.2. The van der Waals surface area contributed by atoms with Crippen LogP contribution in [0.1, 0.15) is 31.2 Å². The van der Waals surface area contributed by atoms with Gasteiger partial charge in [-0.3, -0.25) is 10.1 Å². The Balaban J connectivity index is 2.46. The number of aryl methyl sites for hydroxylation is 2. The molecule has 0 fully saturated rings. The number of anilines is 1. The number of rotatable bonds is 5. The Morgan fingerprint density at radius 1 is 1.26 bits per heavy atom. The molecule has 0 spiro atoms. The predicted octanol–water partition coefficient (Wildman–Crippen LogP) is 0.863. The van der Waals surface area contributed by atoms with Gasteiger partial charge in [0.05, 0.1) is 11.4 Å². The molecule has 8 nitrogen and oxygen atoms in total. The summed E-state index contributed by atoms with van der Waals surface area (Å²) < 4.78 is 0. The van der Waals surface area contributed by atoms with Crippen LogP contribution in [0, 0.1) is 13.8 Å². The SMILES string of the molecule is Cc1nnc(NC(=O)NC(C)CCC(=O)O)nc1C. The van der Waals surface area contributed by atoms with Gasteiger partial charge in [0.1, 0.15) is 0 Å². The molecular weight excluding hydrogens is 250 g/mol. The zero-order chi connectivity index (χ0) is 14.4. The standard InChI is InChI=1S/C11H17N5O3/c1-6(4-5-9(17)18)12-11(19)14-10-13-7(2)8(3)15-16-10/h6H,4-5H2,1-3H3,(H,17,18)(H2,12,13,14,16,19). The first kappa shape index (κ1) is 14.8. The zero-order valence-corrected chi connectivity index (χ0v) is 11.1. The van der Waals surface area contributed by atoms with Crippen LogP contribution in [0.4, 0.5) is 10.7 Å². The maximum absolute atomic E-state index is 11.6. The molecule has 0 aliphatic heterocycles. The number of carbonyl (C=O) groups excluding carboxylic acids is 1. The molecule has 1 aromatic rings. The van der Waals surface area contributed by atoms with E-state index in [-0.39, 0.29) is 18.4 Å². The number of urea groups is 1. The van der Waals surface area contributed by atoms with Crippen molar-refractivity contribution in [1.82, 2.24) is 20.5 Å². The van der Waals surface area contributed by atoms with Crippen LogP contribution in [0.5, 0.6) is 0 Å². The fraction of sp³-hybridized carbons (Fsp3) is 0.545. The Bertz CT molecular complexity index is 477. The van der Waals surface area contributed by atoms with Crippen molar-refractivity contribution in [2.45, 2.75) is 39.7 Å². The van der Waals surface area contributed by atoms with Crippen molar-refractivity contribution in [2.75, 3.05) is 5.32 Å². The summed E-state index contributed by atoms with van der Waals surface area (Å²) >= 11 is 0. The first-order valence-corrected chi connectivity index (χ1v) is 5.85. The highest BCUT2D eigenvalue weighted by Gasteiger charge is 2.11. The number of carboxylic acid groups (broad SMARTS) is 1. The molecule has 0 saturated carbocycles. The molecule has 1 atom stereocenters. The van der Waals surface area contributed by atoms with Crippen molar-refractivity contribution >= 4 is 17.9 Å². The number of carbonyl (C=O) groups is 2. The third kappa shape index (κ3) is 5.28. The summed E-state index contributed by atoms with van der Waals surface area (Å²) in [6, 6.07) is -0.737. The van der Waals surface area contributed by atoms with Gasteiger partial charge >= 0.3 is 12.0 Å². The number of aromatic nitrogens is 3. The van der Waals surface area contributed by atoms with E-state index >= 15 is 0 Å². The van der Waals surface area contributed by atoms with Crippen molar-refractivity contribution in [1.29, 1.82) is 0 Å². The molecule has 0 saturated heterocycles. The normalized spacial score (nSPS) is 11.7. The van der Waals surface area contributed by atoms with E-state index in [0.717, 1.165) is 0 Å². The summed E-state index contributed by atoms with van der Waals surface area (Å²) in [5.41, 5.74) is 1.38. The third-order valence-electron chi connectivity index (χ3n) is 2.49. The Hall–Kier alpha value is -2.25. The van der Waals surface area contributed by atoms with Gasteiger partial charge in [0.2, 0.25) is 0 Å². The predicted molar refractivity (Wildman–Crippen MR) is 67.8 cm³/mol. The molecule has 1 aromatic heterocycles. The van der Waals surface area contributed by atoms with E-state index in [4.69, 9.17) is 5.11 Å². The van der Waals surface area contributed by atoms with Crippen molar-refractivity contribution in [3.05, 3.63) is 11.4 Å². The molecule has 0 aromatic carbocycles. The van der Waals surface area contributed by atoms with Gasteiger partial charge in [0, 0.05) is 12.5 Å². The molecule has 0 aliphatic rings. The van der Waals surface area contributed by atoms with Crippen LogP contribution in [0.2, 0.25) is 0 Å². The summed E-state index contributed by atoms with van der Waals surface area (Å²) in [5, 5.41) is 21.1. The molecule has 0 bridgehead atoms. The summed E-state index contributed by atoms with van der Waals surface area (Å²) in [4.78, 5) is 26.0. The zero-order valence-electron chi connectivity index (χ0n) is 11.1. The van der Waals surface area contributed by atoms with Crippen LogP contribution in [0.25, 0.3) is 0 Å². The van der Waals surface area contributed by atoms with Gasteiger partial charge in [0.15, 0.2) is 0 Å². The molecular formula is C11H17N5O3. The van der Waals surface area contributed by atoms with Crippen molar-refractivity contribution < 1.29 is 14.7 Å². The first-order chi connectivity index (χ1) is 8.88. The Morgan fingerprint density at radius 2 is 1.95 bits per heavy atom. The number of carboxylic acids is 1. The lowest BCUT2D eigenvalue weighted by Gasteiger charge is -2.12. The topological polar surface area (TPSA) is 117 Å². The average molecular weight is 267 g/mol. The number of hydrogen-bond donors (Lipinski definition) is 3. The van der Waals surface area contributed by atoms with Gasteiger partial charge in [-0.15, -0.1) is 5.10 Å². The van der Waals surface area contributed by atoms with Crippen LogP contribution >= 0.6 is 0 Å². The molecule has 19 heavy (non-hydrogen) atoms. The number of amides is 2. The Kier molecular flexibility index (Phi) is 5.16. The van der Waals surface area contributed by atoms with E-state index in [2.05, 4.69) is 25.8 Å². The molecule has 1 unspecified atom stereocenters. The number of aliphatic carboxylic acids is 1. The molecule has 2 amide bonds. The van der Waals surface area contributed by atoms with E-state index < -0.39 is 12.0 Å². The van der Waals surface area contributed by atoms with Crippen LogP contribution in [-0.4, -0.2) is 38.3 Å². The highest BCUT2D eigenvalue weighted by atomic mass is 16.4. The quantitative estimate of drug-likeness (QED) is 0.728. The van der Waals surface area contributed by atoms with Crippen molar-refractivity contribution in [3.63, 3.8) is 0 Å². The average Bonchev–Trinajstić information content (AvgIpc) is 2.31. The lowest BCUT2D eigenvalue weighted by Crippen LogP contribution is -2.36. The molecule has 3 N–H and O–H groups in total. The minimum absolute atomic E-state index is 0.00312. The maximum Gasteiger partial charge on any atom is 0.321 e. The fourth-order valence-electron chi connectivity index (χ4n) is 1.28. The van der Waals surface area contributed by atoms with Crippen molar-refractivity contribution in [3.8, 4) is 0 Å². The van der Waals surface area contributed by atoms with Gasteiger partial charge in [-0.05, 0) is 27.2 Å². The number of hydrogen-bond acceptors (Lipinski definition) is 5. The van der Waals surface area contributed by atoms with E-state index in [1.165, 1.54) is 0 Å². The maximum atomic E-state index is 11.6. The monoisotopic (exact) mass is 267 g/mol. The molecule has 1 rings (SSSR count). The largest absolute Gasteiger partial charge is 0.481 e. The smallest absolute Gasteiger partial charge is 0.321 e. The van der Waals surface area contributed by atoms with Crippen LogP contribution < -0.4 is 10.6 Å². The molecule has 0 aliphatic carbocycles. The Labute approximate surface area is 110 Å². The van der Waals surface area contributed by atoms with Crippen molar-refractivity contribution in [2.24, 2.45) is 0 Å². The van der Waals surface area contributed by atoms with Crippen LogP contribution in [0.15, 0.2) is 0 Å². The summed E-state index contributed by atoms with van der Waals surface area (Å²) in [7, 11) is 0. The van der Waals surface area contributed by atoms with Gasteiger partial charge < -0.3 is 10.4 Å². The van der Waals surface area contributed by atoms with Crippen LogP contribution in [0.3, 0.4) is 0 Å². The van der Waals surface area contributed by atoms with Gasteiger partial charge in [0.25, 0.3) is 5.95 Å². The van der Waals surface area contributed by atoms with E-state index in [0.29, 0.717) is 17.8 Å². The highest BCUT2D eigenvalue weighted by molar-refractivity contribution is 5.87. The molecule has 1 heterocycles. The van der Waals surface area contributed by atoms with E-state index in [1.807, 2.05) is 0 Å². The second kappa shape index (κ2) is 6.62. The molecule has 104 valence electrons. The second-order valence-electron chi connectivity index (χ2n) is 4.24. The summed E-state index contributed by atoms with van der Waals surface area (Å²) in [6.45, 7) is 5.26. The fourth-order valence-corrected chi connectivity index (χ4v) is 1.28. The number of nitrogens with zero attached hydrogens (tertiary/aromatic N) is 3. The highest BCUT2D eigenvalue weighted by Crippen LogP contribution is 2.02. The summed E-state index contributed by atoms with van der Waals surface area (Å²) in [6.07, 6.45) is 0.359. The first-order valence-electron chi connectivity index (χ1n) is 5.85. The molecule has 8 heteroatoms. The molecule has 0 radical (unpaired) electrons. The minimum atomic E-state index is -0.893. The lowest BCUT2D eigenvalue weighted by molar-refractivity contribution is -0.137. The Morgan fingerprint density at radius 3 is 2.53 bits per heavy atom. The van der Waals surface area contributed by atoms with E-state index in [9.17, 15) is 9.59 Å². The van der Waals surface area contributed by atoms with Gasteiger partial charge in [-0.1, -0.05) is 0 Å². The van der Waals surface area contributed by atoms with E-state index in [1.54, 1.807) is 20.8 Å². The second-order valence-corrected chi connectivity index (χ2v) is 4.24. The summed E-state index contributed by atoms with van der Waals surface area (Å²) in [5.74, 6) is -0.776. The van der Waals surface area contributed by atoms with Gasteiger partial charge in [-0.2, -0.15) is 5.10 Å². The number of nitrogens with one attached hydrogen (secondary N) is 2. The van der Waals surface area contributed by atoms with Gasteiger partial charge in [-0.25, -0.2) is 9.78 Å². The van der Waals surface area contributed by atoms with Crippen LogP contribution in [-0.2, 0) is 4.79 Å². The third-order valence-corrected chi connectivity index (χ3v) is 2.49.